The molecule has 0 saturated carbocycles. The minimum absolute atomic E-state index is 0.397. The van der Waals surface area contributed by atoms with Crippen molar-refractivity contribution >= 4 is 17.0 Å². The normalized spacial score (nSPS) is 19.8. The Balaban J connectivity index is 1.89. The number of nitrogens with zero attached hydrogens (tertiary/aromatic N) is 3. The fourth-order valence-corrected chi connectivity index (χ4v) is 2.93. The molecule has 1 unspecified atom stereocenters. The molecule has 5 heteroatoms. The second-order valence-electron chi connectivity index (χ2n) is 5.56. The maximum absolute atomic E-state index is 11.4. The molecule has 1 fully saturated rings. The first-order valence-corrected chi connectivity index (χ1v) is 7.34. The highest BCUT2D eigenvalue weighted by molar-refractivity contribution is 5.74. The highest BCUT2D eigenvalue weighted by atomic mass is 16.4. The van der Waals surface area contributed by atoms with Gasteiger partial charge in [-0.2, -0.15) is 0 Å². The van der Waals surface area contributed by atoms with Crippen molar-refractivity contribution in [3.8, 4) is 0 Å². The highest BCUT2D eigenvalue weighted by Crippen LogP contribution is 2.21. The van der Waals surface area contributed by atoms with E-state index in [1.165, 1.54) is 0 Å². The molecule has 3 rings (SSSR count). The lowest BCUT2D eigenvalue weighted by molar-refractivity contribution is -0.144. The Morgan fingerprint density at radius 2 is 2.00 bits per heavy atom. The van der Waals surface area contributed by atoms with E-state index in [2.05, 4.69) is 9.97 Å². The van der Waals surface area contributed by atoms with Crippen LogP contribution in [-0.4, -0.2) is 38.5 Å². The van der Waals surface area contributed by atoms with Crippen LogP contribution in [0.25, 0.3) is 11.0 Å². The summed E-state index contributed by atoms with van der Waals surface area (Å²) in [6, 6.07) is 7.38. The number of para-hydroxylation sites is 2. The average molecular weight is 285 g/mol. The van der Waals surface area contributed by atoms with Crippen LogP contribution in [0.2, 0.25) is 0 Å². The summed E-state index contributed by atoms with van der Waals surface area (Å²) in [6.07, 6.45) is 2.75. The third-order valence-electron chi connectivity index (χ3n) is 4.09. The number of carboxylic acids is 1. The molecule has 21 heavy (non-hydrogen) atoms. The smallest absolute Gasteiger partial charge is 0.320 e. The zero-order chi connectivity index (χ0) is 14.8. The molecule has 1 aliphatic rings. The lowest BCUT2D eigenvalue weighted by Crippen LogP contribution is -2.44. The Morgan fingerprint density at radius 3 is 2.71 bits per heavy atom. The molecule has 2 heterocycles. The number of likely N-dealkylation sites (tertiary alicyclic amines) is 1. The van der Waals surface area contributed by atoms with E-state index in [0.717, 1.165) is 48.2 Å². The number of benzene rings is 1. The number of rotatable bonds is 3. The zero-order valence-electron chi connectivity index (χ0n) is 12.1. The molecular formula is C16H19N3O2. The van der Waals surface area contributed by atoms with Crippen LogP contribution < -0.4 is 0 Å². The predicted molar refractivity (Wildman–Crippen MR) is 80.0 cm³/mol. The molecule has 0 aliphatic carbocycles. The molecule has 0 amide bonds. The third-order valence-corrected chi connectivity index (χ3v) is 4.09. The number of aromatic nitrogens is 2. The first kappa shape index (κ1) is 13.9. The summed E-state index contributed by atoms with van der Waals surface area (Å²) in [6.45, 7) is 3.31. The van der Waals surface area contributed by atoms with Gasteiger partial charge in [-0.1, -0.05) is 18.6 Å². The van der Waals surface area contributed by atoms with Crippen molar-refractivity contribution in [2.75, 3.05) is 6.54 Å². The number of aliphatic carboxylic acids is 1. The van der Waals surface area contributed by atoms with Gasteiger partial charge in [0, 0.05) is 6.54 Å². The first-order valence-electron chi connectivity index (χ1n) is 7.34. The summed E-state index contributed by atoms with van der Waals surface area (Å²) in [4.78, 5) is 22.6. The second-order valence-corrected chi connectivity index (χ2v) is 5.56. The number of carboxylic acid groups (broad SMARTS) is 1. The van der Waals surface area contributed by atoms with Crippen LogP contribution >= 0.6 is 0 Å². The van der Waals surface area contributed by atoms with Gasteiger partial charge in [0.1, 0.15) is 6.04 Å². The molecular weight excluding hydrogens is 266 g/mol. The van der Waals surface area contributed by atoms with Crippen LogP contribution in [-0.2, 0) is 11.3 Å². The van der Waals surface area contributed by atoms with E-state index < -0.39 is 12.0 Å². The van der Waals surface area contributed by atoms with Gasteiger partial charge in [-0.05, 0) is 38.4 Å². The van der Waals surface area contributed by atoms with Gasteiger partial charge in [0.2, 0.25) is 0 Å². The molecule has 0 bridgehead atoms. The maximum atomic E-state index is 11.4. The van der Waals surface area contributed by atoms with Gasteiger partial charge in [-0.3, -0.25) is 9.69 Å². The van der Waals surface area contributed by atoms with E-state index in [1.807, 2.05) is 36.1 Å². The quantitative estimate of drug-likeness (QED) is 0.938. The van der Waals surface area contributed by atoms with Gasteiger partial charge in [0.15, 0.2) is 0 Å². The van der Waals surface area contributed by atoms with Crippen molar-refractivity contribution in [3.63, 3.8) is 0 Å². The van der Waals surface area contributed by atoms with E-state index in [1.54, 1.807) is 0 Å². The van der Waals surface area contributed by atoms with E-state index in [4.69, 9.17) is 0 Å². The Labute approximate surface area is 123 Å². The van der Waals surface area contributed by atoms with Crippen LogP contribution in [0.4, 0.5) is 0 Å². The number of piperidine rings is 1. The van der Waals surface area contributed by atoms with Gasteiger partial charge >= 0.3 is 5.97 Å². The molecule has 1 saturated heterocycles. The van der Waals surface area contributed by atoms with Crippen molar-refractivity contribution in [2.24, 2.45) is 0 Å². The summed E-state index contributed by atoms with van der Waals surface area (Å²) in [5.41, 5.74) is 3.50. The van der Waals surface area contributed by atoms with Crippen LogP contribution in [0.3, 0.4) is 0 Å². The zero-order valence-corrected chi connectivity index (χ0v) is 12.1. The summed E-state index contributed by atoms with van der Waals surface area (Å²) in [7, 11) is 0. The lowest BCUT2D eigenvalue weighted by atomic mass is 10.0. The number of fused-ring (bicyclic) bond motifs is 1. The fourth-order valence-electron chi connectivity index (χ4n) is 2.93. The second kappa shape index (κ2) is 5.77. The number of aryl methyl sites for hydroxylation is 1. The Bertz CT molecular complexity index is 672. The molecule has 1 aliphatic heterocycles. The van der Waals surface area contributed by atoms with Crippen molar-refractivity contribution < 1.29 is 9.90 Å². The lowest BCUT2D eigenvalue weighted by Gasteiger charge is -2.32. The molecule has 2 aromatic rings. The minimum Gasteiger partial charge on any atom is -0.480 e. The maximum Gasteiger partial charge on any atom is 0.320 e. The largest absolute Gasteiger partial charge is 0.480 e. The first-order chi connectivity index (χ1) is 10.1. The van der Waals surface area contributed by atoms with Crippen molar-refractivity contribution in [1.82, 2.24) is 14.9 Å². The van der Waals surface area contributed by atoms with E-state index in [9.17, 15) is 9.90 Å². The molecule has 1 aromatic carbocycles. The number of hydrogen-bond donors (Lipinski definition) is 1. The van der Waals surface area contributed by atoms with Gasteiger partial charge < -0.3 is 5.11 Å². The van der Waals surface area contributed by atoms with E-state index >= 15 is 0 Å². The van der Waals surface area contributed by atoms with Crippen LogP contribution in [0.15, 0.2) is 24.3 Å². The van der Waals surface area contributed by atoms with Gasteiger partial charge in [-0.15, -0.1) is 0 Å². The third kappa shape index (κ3) is 2.88. The van der Waals surface area contributed by atoms with Crippen molar-refractivity contribution in [3.05, 3.63) is 35.7 Å². The molecule has 5 nitrogen and oxygen atoms in total. The highest BCUT2D eigenvalue weighted by Gasteiger charge is 2.29. The number of carbonyl (C=O) groups is 1. The Hall–Kier alpha value is -2.01. The van der Waals surface area contributed by atoms with Crippen LogP contribution in [0.5, 0.6) is 0 Å². The number of hydrogen-bond acceptors (Lipinski definition) is 4. The van der Waals surface area contributed by atoms with E-state index in [-0.39, 0.29) is 0 Å². The Kier molecular flexibility index (Phi) is 3.84. The molecule has 1 N–H and O–H groups in total. The molecule has 1 atom stereocenters. The summed E-state index contributed by atoms with van der Waals surface area (Å²) in [5.74, 6) is -0.735. The average Bonchev–Trinajstić information content (AvgIpc) is 2.48. The molecule has 0 spiro atoms. The standard InChI is InChI=1S/C16H19N3O2/c1-11-14(18-13-7-3-2-6-12(13)17-11)10-19-9-5-4-8-15(19)16(20)21/h2-3,6-7,15H,4-5,8-10H2,1H3,(H,20,21). The van der Waals surface area contributed by atoms with E-state index in [0.29, 0.717) is 6.54 Å². The topological polar surface area (TPSA) is 66.3 Å². The monoisotopic (exact) mass is 285 g/mol. The van der Waals surface area contributed by atoms with Crippen LogP contribution in [0, 0.1) is 6.92 Å². The molecule has 1 aromatic heterocycles. The Morgan fingerprint density at radius 1 is 1.29 bits per heavy atom. The predicted octanol–water partition coefficient (Wildman–Crippen LogP) is 2.38. The van der Waals surface area contributed by atoms with Gasteiger partial charge in [0.05, 0.1) is 22.4 Å². The summed E-state index contributed by atoms with van der Waals surface area (Å²) in [5, 5.41) is 9.35. The van der Waals surface area contributed by atoms with Gasteiger partial charge in [-0.25, -0.2) is 9.97 Å². The molecule has 110 valence electrons. The molecule has 0 radical (unpaired) electrons. The van der Waals surface area contributed by atoms with Crippen molar-refractivity contribution in [1.29, 1.82) is 0 Å². The summed E-state index contributed by atoms with van der Waals surface area (Å²) >= 11 is 0. The fraction of sp³-hybridized carbons (Fsp3) is 0.438. The summed E-state index contributed by atoms with van der Waals surface area (Å²) < 4.78 is 0. The van der Waals surface area contributed by atoms with Gasteiger partial charge in [0.25, 0.3) is 0 Å². The van der Waals surface area contributed by atoms with Crippen LogP contribution in [0.1, 0.15) is 30.7 Å². The minimum atomic E-state index is -0.735. The van der Waals surface area contributed by atoms with Crippen molar-refractivity contribution in [2.45, 2.75) is 38.8 Å². The SMILES string of the molecule is Cc1nc2ccccc2nc1CN1CCCCC1C(=O)O.